The van der Waals surface area contributed by atoms with Crippen molar-refractivity contribution in [1.82, 2.24) is 19.9 Å². The van der Waals surface area contributed by atoms with Crippen LogP contribution in [0.4, 0.5) is 0 Å². The number of fused-ring (bicyclic) bond motifs is 1. The van der Waals surface area contributed by atoms with Crippen LogP contribution in [0.2, 0.25) is 0 Å². The number of imidazole rings is 1. The van der Waals surface area contributed by atoms with Crippen LogP contribution >= 0.6 is 11.3 Å². The number of hydrogen-bond donors (Lipinski definition) is 1. The standard InChI is InChI=1S/C20H20N4OS/c1-24(13-19-21-7-8-22-19)12-15-10-14-5-6-16(25-2)11-17(14)23-20(15)18-4-3-9-26-18/h3-11H,12-13H2,1-2H3,(H,21,22). The van der Waals surface area contributed by atoms with E-state index in [0.717, 1.165) is 41.3 Å². The van der Waals surface area contributed by atoms with Crippen molar-refractivity contribution in [3.63, 3.8) is 0 Å². The molecule has 0 aliphatic carbocycles. The first-order chi connectivity index (χ1) is 12.7. The summed E-state index contributed by atoms with van der Waals surface area (Å²) < 4.78 is 5.35. The molecule has 0 radical (unpaired) electrons. The number of pyridine rings is 1. The Kier molecular flexibility index (Phi) is 4.69. The van der Waals surface area contributed by atoms with Crippen LogP contribution in [-0.2, 0) is 13.1 Å². The summed E-state index contributed by atoms with van der Waals surface area (Å²) in [4.78, 5) is 15.8. The largest absolute Gasteiger partial charge is 0.497 e. The molecular formula is C20H20N4OS. The number of rotatable bonds is 6. The van der Waals surface area contributed by atoms with Crippen molar-refractivity contribution >= 4 is 22.2 Å². The molecule has 1 aromatic carbocycles. The average molecular weight is 364 g/mol. The van der Waals surface area contributed by atoms with E-state index in [9.17, 15) is 0 Å². The van der Waals surface area contributed by atoms with Crippen LogP contribution in [0.1, 0.15) is 11.4 Å². The molecule has 1 N–H and O–H groups in total. The number of aromatic nitrogens is 3. The van der Waals surface area contributed by atoms with Gasteiger partial charge in [-0.05, 0) is 42.3 Å². The first-order valence-corrected chi connectivity index (χ1v) is 9.29. The Morgan fingerprint density at radius 2 is 2.12 bits per heavy atom. The second-order valence-corrected chi connectivity index (χ2v) is 7.19. The number of hydrogen-bond acceptors (Lipinski definition) is 5. The van der Waals surface area contributed by atoms with E-state index >= 15 is 0 Å². The van der Waals surface area contributed by atoms with Crippen molar-refractivity contribution in [3.05, 3.63) is 65.6 Å². The molecule has 0 bridgehead atoms. The van der Waals surface area contributed by atoms with Crippen molar-refractivity contribution in [2.45, 2.75) is 13.1 Å². The molecule has 4 rings (SSSR count). The van der Waals surface area contributed by atoms with E-state index in [4.69, 9.17) is 9.72 Å². The van der Waals surface area contributed by atoms with Gasteiger partial charge in [-0.2, -0.15) is 0 Å². The maximum absolute atomic E-state index is 5.35. The molecule has 0 saturated carbocycles. The average Bonchev–Trinajstić information content (AvgIpc) is 3.34. The van der Waals surface area contributed by atoms with Gasteiger partial charge < -0.3 is 9.72 Å². The number of H-pyrrole nitrogens is 1. The Labute approximate surface area is 156 Å². The Hall–Kier alpha value is -2.70. The van der Waals surface area contributed by atoms with Gasteiger partial charge >= 0.3 is 0 Å². The molecule has 4 aromatic rings. The fraction of sp³-hybridized carbons (Fsp3) is 0.200. The summed E-state index contributed by atoms with van der Waals surface area (Å²) in [6.07, 6.45) is 3.64. The van der Waals surface area contributed by atoms with Gasteiger partial charge in [0.25, 0.3) is 0 Å². The summed E-state index contributed by atoms with van der Waals surface area (Å²) in [5.74, 6) is 1.79. The second-order valence-electron chi connectivity index (χ2n) is 6.24. The molecule has 0 atom stereocenters. The molecule has 0 saturated heterocycles. The molecule has 0 aliphatic rings. The van der Waals surface area contributed by atoms with Gasteiger partial charge in [0.2, 0.25) is 0 Å². The molecule has 0 aliphatic heterocycles. The fourth-order valence-corrected chi connectivity index (χ4v) is 3.80. The van der Waals surface area contributed by atoms with Crippen molar-refractivity contribution < 1.29 is 4.74 Å². The Bertz CT molecular complexity index is 996. The molecule has 0 fully saturated rings. The molecular weight excluding hydrogens is 344 g/mol. The van der Waals surface area contributed by atoms with Crippen molar-refractivity contribution in [1.29, 1.82) is 0 Å². The van der Waals surface area contributed by atoms with Crippen LogP contribution in [0.3, 0.4) is 0 Å². The molecule has 132 valence electrons. The maximum atomic E-state index is 5.35. The normalized spacial score (nSPS) is 11.3. The number of aromatic amines is 1. The lowest BCUT2D eigenvalue weighted by molar-refractivity contribution is 0.312. The highest BCUT2D eigenvalue weighted by atomic mass is 32.1. The van der Waals surface area contributed by atoms with Gasteiger partial charge in [-0.3, -0.25) is 4.90 Å². The number of nitrogens with zero attached hydrogens (tertiary/aromatic N) is 3. The van der Waals surface area contributed by atoms with Crippen LogP contribution in [0.25, 0.3) is 21.5 Å². The summed E-state index contributed by atoms with van der Waals surface area (Å²) >= 11 is 1.71. The van der Waals surface area contributed by atoms with Gasteiger partial charge in [0.15, 0.2) is 0 Å². The zero-order chi connectivity index (χ0) is 17.9. The summed E-state index contributed by atoms with van der Waals surface area (Å²) in [5.41, 5.74) is 3.19. The predicted molar refractivity (Wildman–Crippen MR) is 105 cm³/mol. The fourth-order valence-electron chi connectivity index (χ4n) is 3.05. The van der Waals surface area contributed by atoms with Gasteiger partial charge in [-0.15, -0.1) is 11.3 Å². The highest BCUT2D eigenvalue weighted by Crippen LogP contribution is 2.31. The monoisotopic (exact) mass is 364 g/mol. The second kappa shape index (κ2) is 7.27. The number of thiophene rings is 1. The summed E-state index contributed by atoms with van der Waals surface area (Å²) in [6.45, 7) is 1.56. The molecule has 26 heavy (non-hydrogen) atoms. The highest BCUT2D eigenvalue weighted by Gasteiger charge is 2.13. The quantitative estimate of drug-likeness (QED) is 0.553. The van der Waals surface area contributed by atoms with Crippen molar-refractivity contribution in [2.75, 3.05) is 14.2 Å². The summed E-state index contributed by atoms with van der Waals surface area (Å²) in [7, 11) is 3.78. The van der Waals surface area contributed by atoms with E-state index < -0.39 is 0 Å². The number of methoxy groups -OCH3 is 1. The summed E-state index contributed by atoms with van der Waals surface area (Å²) in [5, 5.41) is 3.20. The Balaban J connectivity index is 1.72. The van der Waals surface area contributed by atoms with Crippen LogP contribution in [0, 0.1) is 0 Å². The predicted octanol–water partition coefficient (Wildman–Crippen LogP) is 4.33. The molecule has 6 heteroatoms. The smallest absolute Gasteiger partial charge is 0.121 e. The molecule has 0 spiro atoms. The van der Waals surface area contributed by atoms with E-state index in [1.54, 1.807) is 24.6 Å². The third kappa shape index (κ3) is 3.47. The van der Waals surface area contributed by atoms with Gasteiger partial charge in [-0.1, -0.05) is 6.07 Å². The minimum absolute atomic E-state index is 0.761. The Morgan fingerprint density at radius 1 is 1.19 bits per heavy atom. The van der Waals surface area contributed by atoms with Crippen molar-refractivity contribution in [3.8, 4) is 16.3 Å². The van der Waals surface area contributed by atoms with E-state index in [0.29, 0.717) is 0 Å². The number of ether oxygens (including phenoxy) is 1. The van der Waals surface area contributed by atoms with E-state index in [1.165, 1.54) is 10.4 Å². The van der Waals surface area contributed by atoms with Gasteiger partial charge in [0.1, 0.15) is 11.6 Å². The molecule has 3 heterocycles. The Morgan fingerprint density at radius 3 is 2.85 bits per heavy atom. The first kappa shape index (κ1) is 16.8. The molecule has 0 amide bonds. The van der Waals surface area contributed by atoms with E-state index in [2.05, 4.69) is 51.6 Å². The van der Waals surface area contributed by atoms with Crippen molar-refractivity contribution in [2.24, 2.45) is 0 Å². The first-order valence-electron chi connectivity index (χ1n) is 8.41. The molecule has 3 aromatic heterocycles. The lowest BCUT2D eigenvalue weighted by atomic mass is 10.1. The number of benzene rings is 1. The number of nitrogens with one attached hydrogen (secondary N) is 1. The minimum Gasteiger partial charge on any atom is -0.497 e. The minimum atomic E-state index is 0.761. The molecule has 0 unspecified atom stereocenters. The van der Waals surface area contributed by atoms with Gasteiger partial charge in [0, 0.05) is 30.4 Å². The van der Waals surface area contributed by atoms with E-state index in [-0.39, 0.29) is 0 Å². The third-order valence-electron chi connectivity index (χ3n) is 4.27. The van der Waals surface area contributed by atoms with Crippen LogP contribution in [0.5, 0.6) is 5.75 Å². The maximum Gasteiger partial charge on any atom is 0.121 e. The summed E-state index contributed by atoms with van der Waals surface area (Å²) in [6, 6.07) is 12.4. The third-order valence-corrected chi connectivity index (χ3v) is 5.15. The van der Waals surface area contributed by atoms with Gasteiger partial charge in [-0.25, -0.2) is 9.97 Å². The van der Waals surface area contributed by atoms with Crippen LogP contribution < -0.4 is 4.74 Å². The molecule has 5 nitrogen and oxygen atoms in total. The lowest BCUT2D eigenvalue weighted by Crippen LogP contribution is -2.18. The highest BCUT2D eigenvalue weighted by molar-refractivity contribution is 7.13. The van der Waals surface area contributed by atoms with Gasteiger partial charge in [0.05, 0.1) is 29.7 Å². The zero-order valence-corrected chi connectivity index (χ0v) is 15.6. The van der Waals surface area contributed by atoms with Crippen LogP contribution in [-0.4, -0.2) is 34.0 Å². The SMILES string of the molecule is COc1ccc2cc(CN(C)Cc3ncc[nH]3)c(-c3cccs3)nc2c1. The topological polar surface area (TPSA) is 54.0 Å². The zero-order valence-electron chi connectivity index (χ0n) is 14.8. The lowest BCUT2D eigenvalue weighted by Gasteiger charge is -2.18. The van der Waals surface area contributed by atoms with Crippen LogP contribution in [0.15, 0.2) is 54.2 Å². The van der Waals surface area contributed by atoms with E-state index in [1.807, 2.05) is 18.3 Å².